The summed E-state index contributed by atoms with van der Waals surface area (Å²) in [5, 5.41) is 4.71. The number of hydrazone groups is 1. The predicted molar refractivity (Wildman–Crippen MR) is 90.7 cm³/mol. The van der Waals surface area contributed by atoms with Crippen LogP contribution in [-0.2, 0) is 4.79 Å². The molecule has 2 rings (SSSR count). The number of nitrogens with zero attached hydrogens (tertiary/aromatic N) is 1. The number of carbonyl (C=O) groups excluding carboxylic acids is 1. The molecule has 7 heteroatoms. The summed E-state index contributed by atoms with van der Waals surface area (Å²) in [6.07, 6.45) is 1.38. The number of hydrogen-bond donors (Lipinski definition) is 1. The molecule has 0 saturated carbocycles. The second kappa shape index (κ2) is 8.41. The monoisotopic (exact) mass is 352 g/mol. The van der Waals surface area contributed by atoms with Gasteiger partial charge in [-0.15, -0.1) is 0 Å². The van der Waals surface area contributed by atoms with Gasteiger partial charge in [-0.25, -0.2) is 5.43 Å². The van der Waals surface area contributed by atoms with E-state index in [0.29, 0.717) is 27.1 Å². The summed E-state index contributed by atoms with van der Waals surface area (Å²) in [5.41, 5.74) is 2.88. The summed E-state index contributed by atoms with van der Waals surface area (Å²) >= 11 is 12.0. The van der Waals surface area contributed by atoms with Crippen LogP contribution in [0, 0.1) is 0 Å². The fourth-order valence-corrected chi connectivity index (χ4v) is 2.15. The Kier molecular flexibility index (Phi) is 6.26. The quantitative estimate of drug-likeness (QED) is 0.638. The number of ether oxygens (including phenoxy) is 2. The topological polar surface area (TPSA) is 59.9 Å². The van der Waals surface area contributed by atoms with Crippen molar-refractivity contribution < 1.29 is 14.3 Å². The molecule has 1 N–H and O–H groups in total. The summed E-state index contributed by atoms with van der Waals surface area (Å²) in [4.78, 5) is 11.7. The van der Waals surface area contributed by atoms with Gasteiger partial charge in [0, 0.05) is 5.56 Å². The van der Waals surface area contributed by atoms with Gasteiger partial charge < -0.3 is 9.47 Å². The highest BCUT2D eigenvalue weighted by molar-refractivity contribution is 6.38. The zero-order chi connectivity index (χ0) is 16.7. The molecule has 120 valence electrons. The van der Waals surface area contributed by atoms with Gasteiger partial charge in [0.1, 0.15) is 11.5 Å². The molecule has 2 aromatic carbocycles. The predicted octanol–water partition coefficient (Wildman–Crippen LogP) is 3.53. The molecule has 0 aliphatic heterocycles. The molecule has 23 heavy (non-hydrogen) atoms. The third kappa shape index (κ3) is 5.16. The SMILES string of the molecule is COc1ccc(OCC(=O)N/N=C/c2c(Cl)cccc2Cl)cc1. The summed E-state index contributed by atoms with van der Waals surface area (Å²) in [6.45, 7) is -0.167. The Bertz CT molecular complexity index is 683. The maximum Gasteiger partial charge on any atom is 0.277 e. The number of rotatable bonds is 6. The molecular formula is C16H14Cl2N2O3. The van der Waals surface area contributed by atoms with Crippen molar-refractivity contribution in [2.45, 2.75) is 0 Å². The maximum atomic E-state index is 11.7. The van der Waals surface area contributed by atoms with Gasteiger partial charge in [0.15, 0.2) is 6.61 Å². The van der Waals surface area contributed by atoms with Crippen LogP contribution >= 0.6 is 23.2 Å². The van der Waals surface area contributed by atoms with Crippen LogP contribution in [0.1, 0.15) is 5.56 Å². The summed E-state index contributed by atoms with van der Waals surface area (Å²) in [5.74, 6) is 0.863. The normalized spacial score (nSPS) is 10.6. The fraction of sp³-hybridized carbons (Fsp3) is 0.125. The molecule has 0 aromatic heterocycles. The van der Waals surface area contributed by atoms with Crippen molar-refractivity contribution in [3.8, 4) is 11.5 Å². The molecular weight excluding hydrogens is 339 g/mol. The van der Waals surface area contributed by atoms with Gasteiger partial charge in [-0.3, -0.25) is 4.79 Å². The lowest BCUT2D eigenvalue weighted by Crippen LogP contribution is -2.24. The van der Waals surface area contributed by atoms with Crippen LogP contribution in [-0.4, -0.2) is 25.8 Å². The van der Waals surface area contributed by atoms with Crippen molar-refractivity contribution in [1.29, 1.82) is 0 Å². The molecule has 2 aromatic rings. The number of carbonyl (C=O) groups is 1. The Morgan fingerprint density at radius 1 is 1.13 bits per heavy atom. The van der Waals surface area contributed by atoms with Gasteiger partial charge in [-0.2, -0.15) is 5.10 Å². The van der Waals surface area contributed by atoms with Crippen molar-refractivity contribution in [1.82, 2.24) is 5.43 Å². The standard InChI is InChI=1S/C16H14Cl2N2O3/c1-22-11-5-7-12(8-6-11)23-10-16(21)20-19-9-13-14(17)3-2-4-15(13)18/h2-9H,10H2,1H3,(H,20,21)/b19-9+. The van der Waals surface area contributed by atoms with Crippen molar-refractivity contribution in [2.24, 2.45) is 5.10 Å². The van der Waals surface area contributed by atoms with E-state index in [4.69, 9.17) is 32.7 Å². The highest BCUT2D eigenvalue weighted by Crippen LogP contribution is 2.22. The molecule has 0 radical (unpaired) electrons. The zero-order valence-corrected chi connectivity index (χ0v) is 13.8. The first kappa shape index (κ1) is 17.1. The number of amides is 1. The maximum absolute atomic E-state index is 11.7. The Morgan fingerprint density at radius 3 is 2.35 bits per heavy atom. The second-order valence-corrected chi connectivity index (χ2v) is 5.21. The van der Waals surface area contributed by atoms with Crippen LogP contribution in [0.15, 0.2) is 47.6 Å². The molecule has 0 bridgehead atoms. The number of benzene rings is 2. The van der Waals surface area contributed by atoms with Crippen LogP contribution in [0.4, 0.5) is 0 Å². The summed E-state index contributed by atoms with van der Waals surface area (Å²) < 4.78 is 10.4. The lowest BCUT2D eigenvalue weighted by atomic mass is 10.2. The largest absolute Gasteiger partial charge is 0.497 e. The van der Waals surface area contributed by atoms with Gasteiger partial charge in [0.2, 0.25) is 0 Å². The molecule has 0 aliphatic carbocycles. The average molecular weight is 353 g/mol. The highest BCUT2D eigenvalue weighted by atomic mass is 35.5. The van der Waals surface area contributed by atoms with E-state index in [9.17, 15) is 4.79 Å². The Labute approximate surface area is 143 Å². The van der Waals surface area contributed by atoms with E-state index < -0.39 is 5.91 Å². The number of nitrogens with one attached hydrogen (secondary N) is 1. The van der Waals surface area contributed by atoms with Crippen molar-refractivity contribution >= 4 is 35.3 Å². The minimum absolute atomic E-state index is 0.167. The van der Waals surface area contributed by atoms with E-state index in [1.54, 1.807) is 49.6 Å². The Morgan fingerprint density at radius 2 is 1.74 bits per heavy atom. The Hall–Kier alpha value is -2.24. The first-order chi connectivity index (χ1) is 11.1. The van der Waals surface area contributed by atoms with Crippen LogP contribution in [0.2, 0.25) is 10.0 Å². The van der Waals surface area contributed by atoms with E-state index >= 15 is 0 Å². The van der Waals surface area contributed by atoms with Gasteiger partial charge in [0.05, 0.1) is 23.4 Å². The number of halogens is 2. The molecule has 0 saturated heterocycles. The minimum Gasteiger partial charge on any atom is -0.497 e. The molecule has 0 heterocycles. The summed E-state index contributed by atoms with van der Waals surface area (Å²) in [7, 11) is 1.58. The molecule has 1 amide bonds. The van der Waals surface area contributed by atoms with E-state index in [1.807, 2.05) is 0 Å². The minimum atomic E-state index is -0.403. The van der Waals surface area contributed by atoms with Gasteiger partial charge in [0.25, 0.3) is 5.91 Å². The Balaban J connectivity index is 1.84. The van der Waals surface area contributed by atoms with Gasteiger partial charge >= 0.3 is 0 Å². The number of methoxy groups -OCH3 is 1. The lowest BCUT2D eigenvalue weighted by Gasteiger charge is -2.06. The van der Waals surface area contributed by atoms with E-state index in [2.05, 4.69) is 10.5 Å². The summed E-state index contributed by atoms with van der Waals surface area (Å²) in [6, 6.07) is 12.0. The molecule has 0 unspecified atom stereocenters. The zero-order valence-electron chi connectivity index (χ0n) is 12.3. The van der Waals surface area contributed by atoms with E-state index in [1.165, 1.54) is 6.21 Å². The van der Waals surface area contributed by atoms with Crippen molar-refractivity contribution in [3.05, 3.63) is 58.1 Å². The van der Waals surface area contributed by atoms with E-state index in [-0.39, 0.29) is 6.61 Å². The van der Waals surface area contributed by atoms with Crippen LogP contribution in [0.5, 0.6) is 11.5 Å². The van der Waals surface area contributed by atoms with Crippen molar-refractivity contribution in [2.75, 3.05) is 13.7 Å². The van der Waals surface area contributed by atoms with E-state index in [0.717, 1.165) is 0 Å². The molecule has 0 aliphatic rings. The smallest absolute Gasteiger partial charge is 0.277 e. The first-order valence-corrected chi connectivity index (χ1v) is 7.38. The highest BCUT2D eigenvalue weighted by Gasteiger charge is 2.04. The van der Waals surface area contributed by atoms with Crippen LogP contribution < -0.4 is 14.9 Å². The van der Waals surface area contributed by atoms with Gasteiger partial charge in [-0.1, -0.05) is 29.3 Å². The second-order valence-electron chi connectivity index (χ2n) is 4.39. The number of hydrogen-bond acceptors (Lipinski definition) is 4. The van der Waals surface area contributed by atoms with Crippen molar-refractivity contribution in [3.63, 3.8) is 0 Å². The third-order valence-electron chi connectivity index (χ3n) is 2.81. The molecule has 5 nitrogen and oxygen atoms in total. The lowest BCUT2D eigenvalue weighted by molar-refractivity contribution is -0.123. The van der Waals surface area contributed by atoms with Crippen LogP contribution in [0.3, 0.4) is 0 Å². The fourth-order valence-electron chi connectivity index (χ4n) is 1.66. The molecule has 0 spiro atoms. The average Bonchev–Trinajstić information content (AvgIpc) is 2.56. The first-order valence-electron chi connectivity index (χ1n) is 6.63. The van der Waals surface area contributed by atoms with Gasteiger partial charge in [-0.05, 0) is 36.4 Å². The molecule has 0 fully saturated rings. The third-order valence-corrected chi connectivity index (χ3v) is 3.47. The van der Waals surface area contributed by atoms with Crippen LogP contribution in [0.25, 0.3) is 0 Å². The molecule has 0 atom stereocenters.